The Kier molecular flexibility index (Phi) is 3.84. The molecule has 2 rings (SSSR count). The van der Waals surface area contributed by atoms with E-state index in [1.165, 1.54) is 13.1 Å². The summed E-state index contributed by atoms with van der Waals surface area (Å²) in [5.41, 5.74) is -1.46. The van der Waals surface area contributed by atoms with Gasteiger partial charge < -0.3 is 14.6 Å². The van der Waals surface area contributed by atoms with Gasteiger partial charge in [-0.2, -0.15) is 0 Å². The van der Waals surface area contributed by atoms with Crippen molar-refractivity contribution in [3.63, 3.8) is 0 Å². The van der Waals surface area contributed by atoms with E-state index in [0.717, 1.165) is 6.07 Å². The maximum atomic E-state index is 14.0. The Morgan fingerprint density at radius 3 is 2.14 bits per heavy atom. The molecule has 0 unspecified atom stereocenters. The highest BCUT2D eigenvalue weighted by Gasteiger charge is 2.52. The zero-order chi connectivity index (χ0) is 16.0. The predicted octanol–water partition coefficient (Wildman–Crippen LogP) is 1.62. The molecule has 1 saturated heterocycles. The molecule has 4 nitrogen and oxygen atoms in total. The second kappa shape index (κ2) is 5.07. The molecule has 1 N–H and O–H groups in total. The van der Waals surface area contributed by atoms with Crippen LogP contribution in [0.1, 0.15) is 38.1 Å². The quantitative estimate of drug-likeness (QED) is 0.844. The molecule has 0 saturated carbocycles. The van der Waals surface area contributed by atoms with E-state index in [4.69, 9.17) is 9.31 Å². The summed E-state index contributed by atoms with van der Waals surface area (Å²) in [7, 11) is 0.354. The summed E-state index contributed by atoms with van der Waals surface area (Å²) in [5.74, 6) is -2.69. The highest BCUT2D eigenvalue weighted by molar-refractivity contribution is 6.62. The number of amides is 1. The van der Waals surface area contributed by atoms with Crippen LogP contribution < -0.4 is 10.8 Å². The molecule has 0 bridgehead atoms. The average Bonchev–Trinajstić information content (AvgIpc) is 2.60. The molecular formula is C14H18BF2NO3. The summed E-state index contributed by atoms with van der Waals surface area (Å²) in [5, 5.41) is 2.37. The Balaban J connectivity index is 2.46. The van der Waals surface area contributed by atoms with Crippen LogP contribution >= 0.6 is 0 Å². The number of rotatable bonds is 2. The van der Waals surface area contributed by atoms with Crippen LogP contribution in [0.4, 0.5) is 8.78 Å². The summed E-state index contributed by atoms with van der Waals surface area (Å²) in [6.07, 6.45) is 0. The molecule has 1 fully saturated rings. The van der Waals surface area contributed by atoms with Gasteiger partial charge >= 0.3 is 7.12 Å². The summed E-state index contributed by atoms with van der Waals surface area (Å²) >= 11 is 0. The third-order valence-corrected chi connectivity index (χ3v) is 4.05. The van der Waals surface area contributed by atoms with Gasteiger partial charge in [-0.25, -0.2) is 8.78 Å². The molecular weight excluding hydrogens is 279 g/mol. The van der Waals surface area contributed by atoms with Gasteiger partial charge in [-0.15, -0.1) is 0 Å². The molecule has 7 heteroatoms. The fourth-order valence-electron chi connectivity index (χ4n) is 2.03. The lowest BCUT2D eigenvalue weighted by molar-refractivity contribution is 0.00578. The van der Waals surface area contributed by atoms with E-state index in [9.17, 15) is 13.6 Å². The van der Waals surface area contributed by atoms with Crippen molar-refractivity contribution < 1.29 is 22.9 Å². The monoisotopic (exact) mass is 297 g/mol. The van der Waals surface area contributed by atoms with E-state index >= 15 is 0 Å². The lowest BCUT2D eigenvalue weighted by Gasteiger charge is -2.32. The Bertz CT molecular complexity index is 574. The summed E-state index contributed by atoms with van der Waals surface area (Å²) in [4.78, 5) is 11.6. The van der Waals surface area contributed by atoms with E-state index in [-0.39, 0.29) is 11.0 Å². The molecule has 1 aliphatic rings. The van der Waals surface area contributed by atoms with E-state index < -0.39 is 35.9 Å². The van der Waals surface area contributed by atoms with Crippen molar-refractivity contribution in [2.75, 3.05) is 7.05 Å². The minimum absolute atomic E-state index is 0.0149. The minimum Gasteiger partial charge on any atom is -0.399 e. The normalized spacial score (nSPS) is 19.7. The van der Waals surface area contributed by atoms with Crippen molar-refractivity contribution in [3.05, 3.63) is 29.3 Å². The highest BCUT2D eigenvalue weighted by Crippen LogP contribution is 2.36. The standard InChI is InChI=1S/C14H18BF2NO3/c1-13(2)14(3,4)21-15(20-13)9-6-8(12(19)18-5)7-10(16)11(9)17/h6-7H,1-5H3,(H,18,19). The third-order valence-electron chi connectivity index (χ3n) is 4.05. The molecule has 21 heavy (non-hydrogen) atoms. The van der Waals surface area contributed by atoms with E-state index in [0.29, 0.717) is 0 Å². The fourth-order valence-corrected chi connectivity index (χ4v) is 2.03. The first kappa shape index (κ1) is 15.9. The van der Waals surface area contributed by atoms with Crippen molar-refractivity contribution in [2.24, 2.45) is 0 Å². The van der Waals surface area contributed by atoms with E-state index in [1.54, 1.807) is 0 Å². The van der Waals surface area contributed by atoms with Crippen LogP contribution in [-0.4, -0.2) is 31.3 Å². The van der Waals surface area contributed by atoms with Crippen molar-refractivity contribution in [1.82, 2.24) is 5.32 Å². The largest absolute Gasteiger partial charge is 0.497 e. The zero-order valence-electron chi connectivity index (χ0n) is 12.7. The van der Waals surface area contributed by atoms with Crippen LogP contribution in [0.5, 0.6) is 0 Å². The molecule has 0 aliphatic carbocycles. The number of carbonyl (C=O) groups excluding carboxylic acids is 1. The fraction of sp³-hybridized carbons (Fsp3) is 0.500. The molecule has 1 amide bonds. The zero-order valence-corrected chi connectivity index (χ0v) is 12.7. The maximum absolute atomic E-state index is 14.0. The van der Waals surface area contributed by atoms with Gasteiger partial charge in [0.15, 0.2) is 11.6 Å². The van der Waals surface area contributed by atoms with Crippen LogP contribution in [0.3, 0.4) is 0 Å². The van der Waals surface area contributed by atoms with Gasteiger partial charge in [-0.05, 0) is 39.8 Å². The van der Waals surface area contributed by atoms with E-state index in [1.807, 2.05) is 27.7 Å². The SMILES string of the molecule is CNC(=O)c1cc(F)c(F)c(B2OC(C)(C)C(C)(C)O2)c1. The van der Waals surface area contributed by atoms with Crippen molar-refractivity contribution in [1.29, 1.82) is 0 Å². The number of hydrogen-bond acceptors (Lipinski definition) is 3. The molecule has 114 valence electrons. The highest BCUT2D eigenvalue weighted by atomic mass is 19.2. The first-order valence-electron chi connectivity index (χ1n) is 6.66. The van der Waals surface area contributed by atoms with Gasteiger partial charge in [0.05, 0.1) is 11.2 Å². The first-order valence-corrected chi connectivity index (χ1v) is 6.66. The smallest absolute Gasteiger partial charge is 0.399 e. The molecule has 1 aromatic carbocycles. The van der Waals surface area contributed by atoms with Gasteiger partial charge in [0.1, 0.15) is 0 Å². The van der Waals surface area contributed by atoms with Crippen LogP contribution in [0.15, 0.2) is 12.1 Å². The molecule has 0 atom stereocenters. The number of carbonyl (C=O) groups is 1. The molecule has 1 aliphatic heterocycles. The Morgan fingerprint density at radius 1 is 1.14 bits per heavy atom. The van der Waals surface area contributed by atoms with Crippen LogP contribution in [0.25, 0.3) is 0 Å². The van der Waals surface area contributed by atoms with Gasteiger partial charge in [-0.1, -0.05) is 0 Å². The lowest BCUT2D eigenvalue weighted by atomic mass is 9.77. The second-order valence-corrected chi connectivity index (χ2v) is 6.03. The molecule has 0 aromatic heterocycles. The van der Waals surface area contributed by atoms with E-state index in [2.05, 4.69) is 5.32 Å². The topological polar surface area (TPSA) is 47.6 Å². The lowest BCUT2D eigenvalue weighted by Crippen LogP contribution is -2.41. The average molecular weight is 297 g/mol. The Labute approximate surface area is 123 Å². The summed E-state index contributed by atoms with van der Waals surface area (Å²) in [6.45, 7) is 7.24. The number of halogens is 2. The van der Waals surface area contributed by atoms with Crippen molar-refractivity contribution in [3.8, 4) is 0 Å². The maximum Gasteiger partial charge on any atom is 0.497 e. The number of nitrogens with one attached hydrogen (secondary N) is 1. The third kappa shape index (κ3) is 2.67. The van der Waals surface area contributed by atoms with Gasteiger partial charge in [-0.3, -0.25) is 4.79 Å². The van der Waals surface area contributed by atoms with Crippen molar-refractivity contribution in [2.45, 2.75) is 38.9 Å². The minimum atomic E-state index is -1.11. The number of benzene rings is 1. The van der Waals surface area contributed by atoms with Gasteiger partial charge in [0.2, 0.25) is 0 Å². The van der Waals surface area contributed by atoms with Gasteiger partial charge in [0, 0.05) is 18.1 Å². The predicted molar refractivity (Wildman–Crippen MR) is 75.5 cm³/mol. The molecule has 1 aromatic rings. The summed E-state index contributed by atoms with van der Waals surface area (Å²) in [6, 6.07) is 2.10. The van der Waals surface area contributed by atoms with Crippen LogP contribution in [0, 0.1) is 11.6 Å². The molecule has 0 spiro atoms. The molecule has 0 radical (unpaired) electrons. The van der Waals surface area contributed by atoms with Crippen LogP contribution in [0.2, 0.25) is 0 Å². The Hall–Kier alpha value is -1.47. The van der Waals surface area contributed by atoms with Crippen molar-refractivity contribution >= 4 is 18.5 Å². The van der Waals surface area contributed by atoms with Gasteiger partial charge in [0.25, 0.3) is 5.91 Å². The molecule has 1 heterocycles. The number of hydrogen-bond donors (Lipinski definition) is 1. The summed E-state index contributed by atoms with van der Waals surface area (Å²) < 4.78 is 39.1. The van der Waals surface area contributed by atoms with Crippen LogP contribution in [-0.2, 0) is 9.31 Å². The Morgan fingerprint density at radius 2 is 1.67 bits per heavy atom. The first-order chi connectivity index (χ1) is 9.59. The second-order valence-electron chi connectivity index (χ2n) is 6.03.